The highest BCUT2D eigenvalue weighted by Gasteiger charge is 2.36. The number of para-hydroxylation sites is 2. The molecule has 3 rings (SSSR count). The highest BCUT2D eigenvalue weighted by Crippen LogP contribution is 2.31. The summed E-state index contributed by atoms with van der Waals surface area (Å²) in [6.45, 7) is 6.68. The summed E-state index contributed by atoms with van der Waals surface area (Å²) in [5, 5.41) is 0.410. The Bertz CT molecular complexity index is 721. The maximum atomic E-state index is 11.9. The number of ether oxygens (including phenoxy) is 1. The summed E-state index contributed by atoms with van der Waals surface area (Å²) in [5.74, 6) is 0.108. The Morgan fingerprint density at radius 3 is 2.41 bits per heavy atom. The molecule has 22 heavy (non-hydrogen) atoms. The summed E-state index contributed by atoms with van der Waals surface area (Å²) in [6.07, 6.45) is -0.298. The maximum absolute atomic E-state index is 11.9. The molecule has 116 valence electrons. The van der Waals surface area contributed by atoms with Crippen LogP contribution in [-0.2, 0) is 4.74 Å². The van der Waals surface area contributed by atoms with Gasteiger partial charge in [0.1, 0.15) is 5.60 Å². The summed E-state index contributed by atoms with van der Waals surface area (Å²) in [7, 11) is 0. The molecule has 1 saturated heterocycles. The molecule has 1 aromatic heterocycles. The van der Waals surface area contributed by atoms with Crippen LogP contribution < -0.4 is 0 Å². The van der Waals surface area contributed by atoms with Crippen LogP contribution in [0, 0.1) is 0 Å². The van der Waals surface area contributed by atoms with Crippen LogP contribution in [0.25, 0.3) is 11.0 Å². The quantitative estimate of drug-likeness (QED) is 0.805. The van der Waals surface area contributed by atoms with Gasteiger partial charge in [0.15, 0.2) is 5.15 Å². The number of fused-ring (bicyclic) bond motifs is 1. The lowest BCUT2D eigenvalue weighted by molar-refractivity contribution is 0.00788. The number of nitrogens with zero attached hydrogens (tertiary/aromatic N) is 3. The van der Waals surface area contributed by atoms with E-state index >= 15 is 0 Å². The van der Waals surface area contributed by atoms with Gasteiger partial charge in [-0.1, -0.05) is 23.7 Å². The molecule has 0 spiro atoms. The second-order valence-electron chi connectivity index (χ2n) is 6.47. The van der Waals surface area contributed by atoms with E-state index < -0.39 is 5.60 Å². The van der Waals surface area contributed by atoms with E-state index in [9.17, 15) is 4.79 Å². The third-order valence-electron chi connectivity index (χ3n) is 3.47. The van der Waals surface area contributed by atoms with Crippen molar-refractivity contribution >= 4 is 28.7 Å². The van der Waals surface area contributed by atoms with Gasteiger partial charge in [-0.2, -0.15) is 0 Å². The molecule has 0 N–H and O–H groups in total. The number of hydrogen-bond donors (Lipinski definition) is 0. The Hall–Kier alpha value is -1.88. The predicted molar refractivity (Wildman–Crippen MR) is 85.1 cm³/mol. The Kier molecular flexibility index (Phi) is 3.68. The van der Waals surface area contributed by atoms with Gasteiger partial charge in [-0.25, -0.2) is 14.8 Å². The maximum Gasteiger partial charge on any atom is 0.410 e. The van der Waals surface area contributed by atoms with E-state index in [0.717, 1.165) is 16.7 Å². The lowest BCUT2D eigenvalue weighted by Crippen LogP contribution is -2.50. The van der Waals surface area contributed by atoms with Crippen LogP contribution in [0.4, 0.5) is 4.79 Å². The van der Waals surface area contributed by atoms with Gasteiger partial charge in [0.2, 0.25) is 0 Å². The molecule has 0 saturated carbocycles. The molecule has 5 nitrogen and oxygen atoms in total. The fourth-order valence-electron chi connectivity index (χ4n) is 2.38. The highest BCUT2D eigenvalue weighted by molar-refractivity contribution is 6.30. The fourth-order valence-corrected chi connectivity index (χ4v) is 2.67. The average molecular weight is 320 g/mol. The van der Waals surface area contributed by atoms with Crippen LogP contribution in [0.1, 0.15) is 32.4 Å². The van der Waals surface area contributed by atoms with Crippen LogP contribution in [0.3, 0.4) is 0 Å². The van der Waals surface area contributed by atoms with E-state index in [0.29, 0.717) is 18.2 Å². The molecule has 1 aliphatic heterocycles. The highest BCUT2D eigenvalue weighted by atomic mass is 35.5. The average Bonchev–Trinajstić information content (AvgIpc) is 2.35. The number of halogens is 1. The van der Waals surface area contributed by atoms with Crippen molar-refractivity contribution in [1.82, 2.24) is 14.9 Å². The molecule has 1 amide bonds. The van der Waals surface area contributed by atoms with Crippen molar-refractivity contribution in [2.24, 2.45) is 0 Å². The summed E-state index contributed by atoms with van der Waals surface area (Å²) in [5.41, 5.74) is 1.86. The molecule has 1 aromatic carbocycles. The number of aromatic nitrogens is 2. The van der Waals surface area contributed by atoms with Crippen molar-refractivity contribution < 1.29 is 9.53 Å². The number of benzene rings is 1. The molecule has 1 fully saturated rings. The first-order valence-electron chi connectivity index (χ1n) is 7.23. The minimum Gasteiger partial charge on any atom is -0.444 e. The van der Waals surface area contributed by atoms with Gasteiger partial charge in [0.05, 0.1) is 16.7 Å². The third kappa shape index (κ3) is 2.99. The first-order valence-corrected chi connectivity index (χ1v) is 7.61. The number of hydrogen-bond acceptors (Lipinski definition) is 4. The third-order valence-corrected chi connectivity index (χ3v) is 3.75. The molecule has 0 aliphatic carbocycles. The summed E-state index contributed by atoms with van der Waals surface area (Å²) in [4.78, 5) is 22.6. The molecule has 0 unspecified atom stereocenters. The molecule has 1 aliphatic rings. The molecule has 0 bridgehead atoms. The van der Waals surface area contributed by atoms with Crippen molar-refractivity contribution in [3.8, 4) is 0 Å². The van der Waals surface area contributed by atoms with Crippen molar-refractivity contribution in [3.63, 3.8) is 0 Å². The van der Waals surface area contributed by atoms with E-state index in [1.54, 1.807) is 4.90 Å². The summed E-state index contributed by atoms with van der Waals surface area (Å²) in [6, 6.07) is 7.61. The first-order chi connectivity index (χ1) is 10.3. The topological polar surface area (TPSA) is 55.3 Å². The molecular weight excluding hydrogens is 302 g/mol. The van der Waals surface area contributed by atoms with E-state index in [2.05, 4.69) is 9.97 Å². The Morgan fingerprint density at radius 1 is 1.23 bits per heavy atom. The molecule has 0 atom stereocenters. The zero-order chi connectivity index (χ0) is 15.9. The van der Waals surface area contributed by atoms with E-state index in [-0.39, 0.29) is 12.0 Å². The minimum atomic E-state index is -0.484. The van der Waals surface area contributed by atoms with Gasteiger partial charge < -0.3 is 9.64 Å². The minimum absolute atomic E-state index is 0.108. The Morgan fingerprint density at radius 2 is 1.82 bits per heavy atom. The van der Waals surface area contributed by atoms with Crippen molar-refractivity contribution in [2.45, 2.75) is 32.3 Å². The van der Waals surface area contributed by atoms with Gasteiger partial charge in [-0.3, -0.25) is 0 Å². The molecule has 0 radical (unpaired) electrons. The number of likely N-dealkylation sites (tertiary alicyclic amines) is 1. The van der Waals surface area contributed by atoms with E-state index in [4.69, 9.17) is 16.3 Å². The standard InChI is InChI=1S/C16H18ClN3O2/c1-16(2,3)22-15(21)20-8-10(9-20)13-14(17)19-12-7-5-4-6-11(12)18-13/h4-7,10H,8-9H2,1-3H3. The predicted octanol–water partition coefficient (Wildman–Crippen LogP) is 3.62. The number of rotatable bonds is 1. The largest absolute Gasteiger partial charge is 0.444 e. The van der Waals surface area contributed by atoms with Crippen LogP contribution in [0.2, 0.25) is 5.15 Å². The van der Waals surface area contributed by atoms with Crippen LogP contribution in [0.5, 0.6) is 0 Å². The number of carbonyl (C=O) groups is 1. The van der Waals surface area contributed by atoms with Crippen LogP contribution >= 0.6 is 11.6 Å². The lowest BCUT2D eigenvalue weighted by Gasteiger charge is -2.39. The van der Waals surface area contributed by atoms with Gasteiger partial charge in [0, 0.05) is 19.0 Å². The Balaban J connectivity index is 1.73. The van der Waals surface area contributed by atoms with Crippen molar-refractivity contribution in [3.05, 3.63) is 35.1 Å². The summed E-state index contributed by atoms with van der Waals surface area (Å²) < 4.78 is 5.34. The van der Waals surface area contributed by atoms with Gasteiger partial charge in [-0.05, 0) is 32.9 Å². The van der Waals surface area contributed by atoms with Crippen molar-refractivity contribution in [1.29, 1.82) is 0 Å². The van der Waals surface area contributed by atoms with Gasteiger partial charge in [-0.15, -0.1) is 0 Å². The molecule has 2 aromatic rings. The Labute approximate surface area is 134 Å². The van der Waals surface area contributed by atoms with Gasteiger partial charge in [0.25, 0.3) is 0 Å². The molecule has 2 heterocycles. The van der Waals surface area contributed by atoms with Gasteiger partial charge >= 0.3 is 6.09 Å². The fraction of sp³-hybridized carbons (Fsp3) is 0.438. The zero-order valence-electron chi connectivity index (χ0n) is 12.8. The number of amides is 1. The number of carbonyl (C=O) groups excluding carboxylic acids is 1. The van der Waals surface area contributed by atoms with Crippen molar-refractivity contribution in [2.75, 3.05) is 13.1 Å². The second kappa shape index (κ2) is 5.39. The van der Waals surface area contributed by atoms with E-state index in [1.807, 2.05) is 45.0 Å². The molecular formula is C16H18ClN3O2. The monoisotopic (exact) mass is 319 g/mol. The lowest BCUT2D eigenvalue weighted by atomic mass is 9.97. The van der Waals surface area contributed by atoms with Crippen LogP contribution in [-0.4, -0.2) is 39.7 Å². The van der Waals surface area contributed by atoms with Crippen LogP contribution in [0.15, 0.2) is 24.3 Å². The first kappa shape index (κ1) is 15.0. The SMILES string of the molecule is CC(C)(C)OC(=O)N1CC(c2nc3ccccc3nc2Cl)C1. The zero-order valence-corrected chi connectivity index (χ0v) is 13.6. The smallest absolute Gasteiger partial charge is 0.410 e. The summed E-state index contributed by atoms with van der Waals surface area (Å²) >= 11 is 6.24. The van der Waals surface area contributed by atoms with E-state index in [1.165, 1.54) is 0 Å². The molecule has 6 heteroatoms. The second-order valence-corrected chi connectivity index (χ2v) is 6.83. The normalized spacial score (nSPS) is 15.7.